The molecule has 3 heterocycles. The summed E-state index contributed by atoms with van der Waals surface area (Å²) < 4.78 is 16.2. The molecular weight excluding hydrogens is 368 g/mol. The molecule has 4 rings (SSSR count). The fourth-order valence-corrected chi connectivity index (χ4v) is 2.72. The SMILES string of the molecule is COc1c(OC)c(C#Cc2ccncc2)c2nonc2c1C#Cc1ccncc1. The van der Waals surface area contributed by atoms with Crippen LogP contribution in [0.4, 0.5) is 0 Å². The number of rotatable bonds is 2. The monoisotopic (exact) mass is 382 g/mol. The van der Waals surface area contributed by atoms with Gasteiger partial charge in [0.1, 0.15) is 11.1 Å². The van der Waals surface area contributed by atoms with Crippen molar-refractivity contribution in [2.75, 3.05) is 14.2 Å². The lowest BCUT2D eigenvalue weighted by Gasteiger charge is -2.11. The summed E-state index contributed by atoms with van der Waals surface area (Å²) in [6, 6.07) is 7.24. The van der Waals surface area contributed by atoms with E-state index in [2.05, 4.69) is 44.0 Å². The van der Waals surface area contributed by atoms with Crippen molar-refractivity contribution in [3.63, 3.8) is 0 Å². The van der Waals surface area contributed by atoms with Crippen molar-refractivity contribution in [1.82, 2.24) is 20.3 Å². The van der Waals surface area contributed by atoms with E-state index in [9.17, 15) is 0 Å². The van der Waals surface area contributed by atoms with Crippen molar-refractivity contribution in [3.8, 4) is 35.2 Å². The predicted octanol–water partition coefficient (Wildman–Crippen LogP) is 2.83. The summed E-state index contributed by atoms with van der Waals surface area (Å²) in [5.74, 6) is 13.1. The van der Waals surface area contributed by atoms with Gasteiger partial charge in [-0.05, 0) is 34.6 Å². The van der Waals surface area contributed by atoms with Crippen molar-refractivity contribution in [3.05, 3.63) is 71.3 Å². The molecule has 0 radical (unpaired) electrons. The van der Waals surface area contributed by atoms with Crippen LogP contribution in [-0.2, 0) is 0 Å². The van der Waals surface area contributed by atoms with Crippen LogP contribution in [0.15, 0.2) is 53.7 Å². The van der Waals surface area contributed by atoms with Crippen LogP contribution in [-0.4, -0.2) is 34.5 Å². The Kier molecular flexibility index (Phi) is 5.04. The first kappa shape index (κ1) is 18.0. The van der Waals surface area contributed by atoms with E-state index < -0.39 is 0 Å². The van der Waals surface area contributed by atoms with Gasteiger partial charge < -0.3 is 9.47 Å². The second-order valence-corrected chi connectivity index (χ2v) is 5.75. The maximum atomic E-state index is 5.60. The molecule has 4 aromatic rings. The summed E-state index contributed by atoms with van der Waals surface area (Å²) in [7, 11) is 3.07. The molecule has 3 aromatic heterocycles. The number of methoxy groups -OCH3 is 2. The lowest BCUT2D eigenvalue weighted by Crippen LogP contribution is -1.99. The van der Waals surface area contributed by atoms with E-state index >= 15 is 0 Å². The lowest BCUT2D eigenvalue weighted by molar-refractivity contribution is 0.315. The fourth-order valence-electron chi connectivity index (χ4n) is 2.72. The summed E-state index contributed by atoms with van der Waals surface area (Å²) in [6.45, 7) is 0. The maximum Gasteiger partial charge on any atom is 0.180 e. The van der Waals surface area contributed by atoms with Gasteiger partial charge in [-0.2, -0.15) is 0 Å². The first-order chi connectivity index (χ1) is 14.3. The minimum absolute atomic E-state index is 0.413. The molecule has 0 aliphatic rings. The molecule has 0 unspecified atom stereocenters. The summed E-state index contributed by atoms with van der Waals surface area (Å²) >= 11 is 0. The van der Waals surface area contributed by atoms with Crippen LogP contribution >= 0.6 is 0 Å². The number of fused-ring (bicyclic) bond motifs is 1. The Bertz CT molecular complexity index is 1180. The van der Waals surface area contributed by atoms with E-state index in [1.54, 1.807) is 24.8 Å². The Morgan fingerprint density at radius 2 is 1.07 bits per heavy atom. The largest absolute Gasteiger partial charge is 0.492 e. The number of benzene rings is 1. The Morgan fingerprint density at radius 3 is 1.45 bits per heavy atom. The Hall–Kier alpha value is -4.36. The summed E-state index contributed by atoms with van der Waals surface area (Å²) in [6.07, 6.45) is 6.69. The van der Waals surface area contributed by atoms with E-state index in [0.29, 0.717) is 33.7 Å². The fraction of sp³-hybridized carbons (Fsp3) is 0.0909. The number of ether oxygens (including phenoxy) is 2. The number of nitrogens with zero attached hydrogens (tertiary/aromatic N) is 4. The Balaban J connectivity index is 1.93. The number of pyridine rings is 2. The average molecular weight is 382 g/mol. The van der Waals surface area contributed by atoms with Gasteiger partial charge in [-0.1, -0.05) is 23.7 Å². The topological polar surface area (TPSA) is 83.2 Å². The molecule has 0 aliphatic heterocycles. The van der Waals surface area contributed by atoms with E-state index in [-0.39, 0.29) is 0 Å². The minimum Gasteiger partial charge on any atom is -0.492 e. The quantitative estimate of drug-likeness (QED) is 0.493. The van der Waals surface area contributed by atoms with Gasteiger partial charge in [0.25, 0.3) is 0 Å². The van der Waals surface area contributed by atoms with Crippen LogP contribution in [0.3, 0.4) is 0 Å². The first-order valence-electron chi connectivity index (χ1n) is 8.56. The van der Waals surface area contributed by atoms with E-state index in [1.807, 2.05) is 24.3 Å². The van der Waals surface area contributed by atoms with Gasteiger partial charge in [-0.3, -0.25) is 9.97 Å². The zero-order valence-electron chi connectivity index (χ0n) is 15.6. The highest BCUT2D eigenvalue weighted by molar-refractivity contribution is 5.92. The zero-order valence-corrected chi connectivity index (χ0v) is 15.6. The number of aromatic nitrogens is 4. The normalized spacial score (nSPS) is 9.86. The van der Waals surface area contributed by atoms with Gasteiger partial charge in [0.05, 0.1) is 14.2 Å². The van der Waals surface area contributed by atoms with Gasteiger partial charge >= 0.3 is 0 Å². The molecule has 0 fully saturated rings. The van der Waals surface area contributed by atoms with Gasteiger partial charge in [0.2, 0.25) is 0 Å². The van der Waals surface area contributed by atoms with Gasteiger partial charge in [0, 0.05) is 35.9 Å². The van der Waals surface area contributed by atoms with Crippen molar-refractivity contribution >= 4 is 11.0 Å². The van der Waals surface area contributed by atoms with Gasteiger partial charge in [0.15, 0.2) is 22.5 Å². The molecule has 0 spiro atoms. The second-order valence-electron chi connectivity index (χ2n) is 5.75. The molecule has 1 aromatic carbocycles. The van der Waals surface area contributed by atoms with Crippen LogP contribution in [0.5, 0.6) is 11.5 Å². The molecular formula is C22H14N4O3. The molecule has 0 atom stereocenters. The smallest absolute Gasteiger partial charge is 0.180 e. The molecule has 0 bridgehead atoms. The molecule has 0 saturated heterocycles. The van der Waals surface area contributed by atoms with E-state index in [4.69, 9.17) is 14.1 Å². The zero-order chi connectivity index (χ0) is 20.1. The summed E-state index contributed by atoms with van der Waals surface area (Å²) in [5.41, 5.74) is 3.50. The molecule has 140 valence electrons. The van der Waals surface area contributed by atoms with Crippen LogP contribution in [0.25, 0.3) is 11.0 Å². The summed E-state index contributed by atoms with van der Waals surface area (Å²) in [5, 5.41) is 8.03. The van der Waals surface area contributed by atoms with Crippen molar-refractivity contribution in [2.24, 2.45) is 0 Å². The number of hydrogen-bond donors (Lipinski definition) is 0. The molecule has 0 N–H and O–H groups in total. The third kappa shape index (κ3) is 3.58. The predicted molar refractivity (Wildman–Crippen MR) is 105 cm³/mol. The Morgan fingerprint density at radius 1 is 0.655 bits per heavy atom. The average Bonchev–Trinajstić information content (AvgIpc) is 3.26. The number of hydrogen-bond acceptors (Lipinski definition) is 7. The van der Waals surface area contributed by atoms with Crippen LogP contribution in [0, 0.1) is 23.7 Å². The van der Waals surface area contributed by atoms with E-state index in [1.165, 1.54) is 14.2 Å². The standard InChI is InChI=1S/C22H14N4O3/c1-27-21-17(5-3-15-7-11-23-12-8-15)19-20(26-29-25-19)18(22(21)28-2)6-4-16-9-13-24-14-10-16/h7-14H,1-2H3. The maximum absolute atomic E-state index is 5.60. The summed E-state index contributed by atoms with van der Waals surface area (Å²) in [4.78, 5) is 7.98. The highest BCUT2D eigenvalue weighted by Crippen LogP contribution is 2.39. The van der Waals surface area contributed by atoms with Crippen LogP contribution in [0.1, 0.15) is 22.3 Å². The highest BCUT2D eigenvalue weighted by Gasteiger charge is 2.23. The van der Waals surface area contributed by atoms with Crippen molar-refractivity contribution < 1.29 is 14.1 Å². The third-order valence-electron chi connectivity index (χ3n) is 4.06. The van der Waals surface area contributed by atoms with Crippen molar-refractivity contribution in [1.29, 1.82) is 0 Å². The third-order valence-corrected chi connectivity index (χ3v) is 4.06. The Labute approximate surface area is 166 Å². The first-order valence-corrected chi connectivity index (χ1v) is 8.56. The molecule has 7 heteroatoms. The second kappa shape index (κ2) is 8.12. The molecule has 29 heavy (non-hydrogen) atoms. The van der Waals surface area contributed by atoms with Gasteiger partial charge in [-0.25, -0.2) is 4.63 Å². The molecule has 0 aliphatic carbocycles. The molecule has 0 saturated carbocycles. The lowest BCUT2D eigenvalue weighted by atomic mass is 10.0. The van der Waals surface area contributed by atoms with E-state index in [0.717, 1.165) is 11.1 Å². The van der Waals surface area contributed by atoms with Gasteiger partial charge in [-0.15, -0.1) is 0 Å². The highest BCUT2D eigenvalue weighted by atomic mass is 16.6. The molecule has 7 nitrogen and oxygen atoms in total. The molecule has 0 amide bonds. The van der Waals surface area contributed by atoms with Crippen LogP contribution in [0.2, 0.25) is 0 Å². The van der Waals surface area contributed by atoms with Crippen LogP contribution < -0.4 is 9.47 Å². The minimum atomic E-state index is 0.413. The van der Waals surface area contributed by atoms with Crippen molar-refractivity contribution in [2.45, 2.75) is 0 Å².